The Kier molecular flexibility index (Phi) is 5.82. The molecule has 2 unspecified atom stereocenters. The van der Waals surface area contributed by atoms with Gasteiger partial charge in [0.2, 0.25) is 0 Å². The molecule has 0 aromatic carbocycles. The van der Waals surface area contributed by atoms with E-state index in [0.717, 1.165) is 13.0 Å². The molecule has 0 amide bonds. The maximum atomic E-state index is 5.98. The van der Waals surface area contributed by atoms with E-state index in [1.165, 1.54) is 5.56 Å². The fourth-order valence-electron chi connectivity index (χ4n) is 2.34. The van der Waals surface area contributed by atoms with Crippen LogP contribution in [-0.4, -0.2) is 33.8 Å². The first kappa shape index (κ1) is 15.2. The SMILES string of the molecule is CCC(C)N(CC)C(CN)c1cnn(C(C)C)c1. The minimum Gasteiger partial charge on any atom is -0.329 e. The zero-order chi connectivity index (χ0) is 13.7. The first-order valence-electron chi connectivity index (χ1n) is 7.04. The zero-order valence-corrected chi connectivity index (χ0v) is 12.4. The molecule has 1 aromatic rings. The third-order valence-corrected chi connectivity index (χ3v) is 3.68. The predicted octanol–water partition coefficient (Wildman–Crippen LogP) is 2.58. The molecule has 0 saturated carbocycles. The van der Waals surface area contributed by atoms with Crippen molar-refractivity contribution in [1.29, 1.82) is 0 Å². The minimum absolute atomic E-state index is 0.275. The molecule has 0 aliphatic heterocycles. The van der Waals surface area contributed by atoms with Crippen LogP contribution in [0.1, 0.15) is 58.7 Å². The molecule has 104 valence electrons. The van der Waals surface area contributed by atoms with Gasteiger partial charge >= 0.3 is 0 Å². The van der Waals surface area contributed by atoms with E-state index >= 15 is 0 Å². The summed E-state index contributed by atoms with van der Waals surface area (Å²) in [6, 6.07) is 1.22. The second-order valence-electron chi connectivity index (χ2n) is 5.19. The number of nitrogens with two attached hydrogens (primary N) is 1. The Hall–Kier alpha value is -0.870. The van der Waals surface area contributed by atoms with Gasteiger partial charge in [-0.1, -0.05) is 13.8 Å². The van der Waals surface area contributed by atoms with Crippen molar-refractivity contribution < 1.29 is 0 Å². The monoisotopic (exact) mass is 252 g/mol. The molecular weight excluding hydrogens is 224 g/mol. The van der Waals surface area contributed by atoms with Crippen LogP contribution in [0.5, 0.6) is 0 Å². The summed E-state index contributed by atoms with van der Waals surface area (Å²) in [5, 5.41) is 4.42. The standard InChI is InChI=1S/C14H28N4/c1-6-12(5)17(7-2)14(8-15)13-9-16-18(10-13)11(3)4/h9-12,14H,6-8,15H2,1-5H3. The zero-order valence-electron chi connectivity index (χ0n) is 12.4. The van der Waals surface area contributed by atoms with Crippen molar-refractivity contribution in [3.63, 3.8) is 0 Å². The number of nitrogens with zero attached hydrogens (tertiary/aromatic N) is 3. The normalized spacial score (nSPS) is 15.3. The summed E-state index contributed by atoms with van der Waals surface area (Å²) in [5.41, 5.74) is 7.21. The molecule has 0 saturated heterocycles. The number of rotatable bonds is 7. The number of aromatic nitrogens is 2. The van der Waals surface area contributed by atoms with Gasteiger partial charge in [0.25, 0.3) is 0 Å². The Morgan fingerprint density at radius 1 is 1.33 bits per heavy atom. The Balaban J connectivity index is 2.92. The van der Waals surface area contributed by atoms with E-state index in [2.05, 4.69) is 50.8 Å². The molecule has 0 spiro atoms. The van der Waals surface area contributed by atoms with Crippen LogP contribution in [0.4, 0.5) is 0 Å². The maximum absolute atomic E-state index is 5.98. The Bertz CT molecular complexity index is 345. The summed E-state index contributed by atoms with van der Waals surface area (Å²) < 4.78 is 2.00. The van der Waals surface area contributed by atoms with Crippen LogP contribution >= 0.6 is 0 Å². The van der Waals surface area contributed by atoms with Crippen LogP contribution in [-0.2, 0) is 0 Å². The predicted molar refractivity (Wildman–Crippen MR) is 76.5 cm³/mol. The Morgan fingerprint density at radius 3 is 2.39 bits per heavy atom. The lowest BCUT2D eigenvalue weighted by atomic mass is 10.1. The quantitative estimate of drug-likeness (QED) is 0.811. The van der Waals surface area contributed by atoms with E-state index in [1.54, 1.807) is 0 Å². The van der Waals surface area contributed by atoms with Crippen molar-refractivity contribution >= 4 is 0 Å². The van der Waals surface area contributed by atoms with Crippen molar-refractivity contribution in [3.8, 4) is 0 Å². The molecule has 4 nitrogen and oxygen atoms in total. The van der Waals surface area contributed by atoms with Gasteiger partial charge in [0.05, 0.1) is 12.2 Å². The van der Waals surface area contributed by atoms with Gasteiger partial charge in [-0.05, 0) is 33.7 Å². The molecule has 0 bridgehead atoms. The Morgan fingerprint density at radius 2 is 2.00 bits per heavy atom. The molecule has 1 rings (SSSR count). The van der Waals surface area contributed by atoms with E-state index in [4.69, 9.17) is 5.73 Å². The molecule has 2 atom stereocenters. The van der Waals surface area contributed by atoms with Gasteiger partial charge in [-0.25, -0.2) is 0 Å². The van der Waals surface area contributed by atoms with Gasteiger partial charge in [-0.3, -0.25) is 9.58 Å². The molecule has 0 fully saturated rings. The van der Waals surface area contributed by atoms with Gasteiger partial charge in [0.1, 0.15) is 0 Å². The van der Waals surface area contributed by atoms with E-state index in [9.17, 15) is 0 Å². The van der Waals surface area contributed by atoms with Gasteiger partial charge < -0.3 is 5.73 Å². The van der Waals surface area contributed by atoms with Crippen molar-refractivity contribution in [2.45, 2.75) is 59.2 Å². The van der Waals surface area contributed by atoms with Crippen LogP contribution in [0.15, 0.2) is 12.4 Å². The van der Waals surface area contributed by atoms with Gasteiger partial charge in [-0.2, -0.15) is 5.10 Å². The van der Waals surface area contributed by atoms with Crippen molar-refractivity contribution in [2.24, 2.45) is 5.73 Å². The number of hydrogen-bond acceptors (Lipinski definition) is 3. The molecule has 0 aliphatic rings. The highest BCUT2D eigenvalue weighted by molar-refractivity contribution is 5.12. The minimum atomic E-state index is 0.275. The highest BCUT2D eigenvalue weighted by Gasteiger charge is 2.23. The van der Waals surface area contributed by atoms with Crippen LogP contribution < -0.4 is 5.73 Å². The van der Waals surface area contributed by atoms with E-state index < -0.39 is 0 Å². The summed E-state index contributed by atoms with van der Waals surface area (Å²) in [4.78, 5) is 2.46. The Labute approximate surface area is 111 Å². The van der Waals surface area contributed by atoms with Crippen molar-refractivity contribution in [2.75, 3.05) is 13.1 Å². The van der Waals surface area contributed by atoms with Gasteiger partial charge in [0, 0.05) is 30.4 Å². The largest absolute Gasteiger partial charge is 0.329 e. The van der Waals surface area contributed by atoms with Crippen LogP contribution in [0.2, 0.25) is 0 Å². The summed E-state index contributed by atoms with van der Waals surface area (Å²) in [6.07, 6.45) is 5.23. The second kappa shape index (κ2) is 6.90. The summed E-state index contributed by atoms with van der Waals surface area (Å²) in [5.74, 6) is 0. The topological polar surface area (TPSA) is 47.1 Å². The highest BCUT2D eigenvalue weighted by Crippen LogP contribution is 2.23. The molecular formula is C14H28N4. The lowest BCUT2D eigenvalue weighted by Gasteiger charge is -2.34. The lowest BCUT2D eigenvalue weighted by molar-refractivity contribution is 0.152. The first-order chi connectivity index (χ1) is 8.54. The summed E-state index contributed by atoms with van der Waals surface area (Å²) in [7, 11) is 0. The maximum Gasteiger partial charge on any atom is 0.0538 e. The van der Waals surface area contributed by atoms with Crippen LogP contribution in [0.25, 0.3) is 0 Å². The fraction of sp³-hybridized carbons (Fsp3) is 0.786. The third kappa shape index (κ3) is 3.33. The van der Waals surface area contributed by atoms with E-state index in [-0.39, 0.29) is 6.04 Å². The molecule has 2 N–H and O–H groups in total. The second-order valence-corrected chi connectivity index (χ2v) is 5.19. The third-order valence-electron chi connectivity index (χ3n) is 3.68. The molecule has 1 aromatic heterocycles. The average Bonchev–Trinajstić information content (AvgIpc) is 2.84. The van der Waals surface area contributed by atoms with Crippen LogP contribution in [0.3, 0.4) is 0 Å². The lowest BCUT2D eigenvalue weighted by Crippen LogP contribution is -2.39. The van der Waals surface area contributed by atoms with Gasteiger partial charge in [-0.15, -0.1) is 0 Å². The average molecular weight is 252 g/mol. The number of hydrogen-bond donors (Lipinski definition) is 1. The number of likely N-dealkylation sites (N-methyl/N-ethyl adjacent to an activating group) is 1. The van der Waals surface area contributed by atoms with E-state index in [1.807, 2.05) is 10.9 Å². The van der Waals surface area contributed by atoms with Gasteiger partial charge in [0.15, 0.2) is 0 Å². The summed E-state index contributed by atoms with van der Waals surface area (Å²) >= 11 is 0. The smallest absolute Gasteiger partial charge is 0.0538 e. The highest BCUT2D eigenvalue weighted by atomic mass is 15.3. The molecule has 0 radical (unpaired) electrons. The van der Waals surface area contributed by atoms with Crippen LogP contribution in [0, 0.1) is 0 Å². The molecule has 4 heteroatoms. The molecule has 1 heterocycles. The van der Waals surface area contributed by atoms with E-state index in [0.29, 0.717) is 18.6 Å². The fourth-order valence-corrected chi connectivity index (χ4v) is 2.34. The molecule has 0 aliphatic carbocycles. The van der Waals surface area contributed by atoms with Crippen molar-refractivity contribution in [3.05, 3.63) is 18.0 Å². The first-order valence-corrected chi connectivity index (χ1v) is 7.04. The molecule has 18 heavy (non-hydrogen) atoms. The van der Waals surface area contributed by atoms with Crippen molar-refractivity contribution in [1.82, 2.24) is 14.7 Å². The summed E-state index contributed by atoms with van der Waals surface area (Å²) in [6.45, 7) is 12.6.